The van der Waals surface area contributed by atoms with Crippen LogP contribution in [0.5, 0.6) is 0 Å². The molecule has 0 aliphatic carbocycles. The Kier molecular flexibility index (Phi) is 7.25. The Labute approximate surface area is 96.0 Å². The van der Waals surface area contributed by atoms with Gasteiger partial charge in [-0.1, -0.05) is 26.7 Å². The van der Waals surface area contributed by atoms with Gasteiger partial charge < -0.3 is 10.2 Å². The lowest BCUT2D eigenvalue weighted by atomic mass is 9.98. The van der Waals surface area contributed by atoms with Crippen molar-refractivity contribution >= 4 is 11.9 Å². The zero-order chi connectivity index (χ0) is 12.6. The van der Waals surface area contributed by atoms with E-state index >= 15 is 0 Å². The van der Waals surface area contributed by atoms with Crippen LogP contribution in [-0.2, 0) is 9.59 Å². The van der Waals surface area contributed by atoms with Gasteiger partial charge in [0.1, 0.15) is 0 Å². The van der Waals surface area contributed by atoms with Gasteiger partial charge >= 0.3 is 11.9 Å². The number of aliphatic carboxylic acids is 2. The molecule has 4 heteroatoms. The highest BCUT2D eigenvalue weighted by Crippen LogP contribution is 2.18. The fourth-order valence-corrected chi connectivity index (χ4v) is 1.48. The van der Waals surface area contributed by atoms with Gasteiger partial charge in [-0.3, -0.25) is 0 Å². The molecule has 0 heterocycles. The zero-order valence-electron chi connectivity index (χ0n) is 9.95. The summed E-state index contributed by atoms with van der Waals surface area (Å²) in [6, 6.07) is 0. The molecule has 0 saturated carbocycles. The van der Waals surface area contributed by atoms with E-state index in [0.29, 0.717) is 25.7 Å². The van der Waals surface area contributed by atoms with Gasteiger partial charge in [0.25, 0.3) is 0 Å². The minimum Gasteiger partial charge on any atom is -0.478 e. The number of carboxylic acid groups (broad SMARTS) is 2. The molecule has 0 fully saturated rings. The Morgan fingerprint density at radius 1 is 0.812 bits per heavy atom. The van der Waals surface area contributed by atoms with E-state index in [1.807, 2.05) is 13.8 Å². The molecule has 0 aliphatic heterocycles. The number of carboxylic acids is 2. The Morgan fingerprint density at radius 2 is 1.12 bits per heavy atom. The molecule has 0 bridgehead atoms. The van der Waals surface area contributed by atoms with Crippen molar-refractivity contribution in [2.24, 2.45) is 0 Å². The average molecular weight is 228 g/mol. The first-order valence-corrected chi connectivity index (χ1v) is 5.73. The largest absolute Gasteiger partial charge is 0.478 e. The molecule has 2 N–H and O–H groups in total. The van der Waals surface area contributed by atoms with Crippen molar-refractivity contribution in [1.29, 1.82) is 0 Å². The third-order valence-electron chi connectivity index (χ3n) is 2.44. The average Bonchev–Trinajstić information content (AvgIpc) is 2.21. The van der Waals surface area contributed by atoms with Crippen LogP contribution in [0.15, 0.2) is 11.1 Å². The van der Waals surface area contributed by atoms with Crippen LogP contribution in [0.25, 0.3) is 0 Å². The normalized spacial score (nSPS) is 12.1. The smallest absolute Gasteiger partial charge is 0.332 e. The van der Waals surface area contributed by atoms with Crippen LogP contribution in [0.1, 0.15) is 52.4 Å². The SMILES string of the molecule is CCCCC(C(=O)O)=C(CCCC)C(=O)O. The molecule has 0 atom stereocenters. The van der Waals surface area contributed by atoms with Crippen molar-refractivity contribution in [3.8, 4) is 0 Å². The summed E-state index contributed by atoms with van der Waals surface area (Å²) in [5, 5.41) is 18.0. The molecule has 92 valence electrons. The van der Waals surface area contributed by atoms with Crippen molar-refractivity contribution < 1.29 is 19.8 Å². The maximum atomic E-state index is 11.0. The molecule has 0 aromatic carbocycles. The molecule has 0 spiro atoms. The lowest BCUT2D eigenvalue weighted by Crippen LogP contribution is -2.11. The number of rotatable bonds is 8. The van der Waals surface area contributed by atoms with E-state index in [1.165, 1.54) is 0 Å². The molecular weight excluding hydrogens is 208 g/mol. The molecule has 0 aromatic rings. The number of carbonyl (C=O) groups is 2. The third kappa shape index (κ3) is 4.96. The van der Waals surface area contributed by atoms with E-state index in [-0.39, 0.29) is 11.1 Å². The molecule has 0 radical (unpaired) electrons. The third-order valence-corrected chi connectivity index (χ3v) is 2.44. The molecule has 16 heavy (non-hydrogen) atoms. The van der Waals surface area contributed by atoms with E-state index < -0.39 is 11.9 Å². The highest BCUT2D eigenvalue weighted by atomic mass is 16.4. The van der Waals surface area contributed by atoms with E-state index in [2.05, 4.69) is 0 Å². The van der Waals surface area contributed by atoms with E-state index in [4.69, 9.17) is 10.2 Å². The summed E-state index contributed by atoms with van der Waals surface area (Å²) in [6.07, 6.45) is 3.83. The Balaban J connectivity index is 4.94. The van der Waals surface area contributed by atoms with E-state index in [1.54, 1.807) is 0 Å². The van der Waals surface area contributed by atoms with Gasteiger partial charge in [-0.15, -0.1) is 0 Å². The summed E-state index contributed by atoms with van der Waals surface area (Å²) in [4.78, 5) is 22.0. The molecule has 0 aromatic heterocycles. The summed E-state index contributed by atoms with van der Waals surface area (Å²) in [7, 11) is 0. The van der Waals surface area contributed by atoms with Crippen molar-refractivity contribution in [1.82, 2.24) is 0 Å². The summed E-state index contributed by atoms with van der Waals surface area (Å²) in [5.41, 5.74) is 0.144. The van der Waals surface area contributed by atoms with Crippen LogP contribution >= 0.6 is 0 Å². The van der Waals surface area contributed by atoms with Crippen LogP contribution < -0.4 is 0 Å². The van der Waals surface area contributed by atoms with Gasteiger partial charge in [-0.25, -0.2) is 9.59 Å². The summed E-state index contributed by atoms with van der Waals surface area (Å²) >= 11 is 0. The monoisotopic (exact) mass is 228 g/mol. The second-order valence-corrected chi connectivity index (χ2v) is 3.77. The lowest BCUT2D eigenvalue weighted by Gasteiger charge is -2.08. The van der Waals surface area contributed by atoms with E-state index in [0.717, 1.165) is 12.8 Å². The molecule has 0 rings (SSSR count). The minimum absolute atomic E-state index is 0.0720. The van der Waals surface area contributed by atoms with Crippen LogP contribution in [0.2, 0.25) is 0 Å². The highest BCUT2D eigenvalue weighted by molar-refractivity contribution is 5.98. The van der Waals surface area contributed by atoms with Gasteiger partial charge in [0.15, 0.2) is 0 Å². The summed E-state index contributed by atoms with van der Waals surface area (Å²) in [6.45, 7) is 3.90. The van der Waals surface area contributed by atoms with Gasteiger partial charge in [0.05, 0.1) is 0 Å². The van der Waals surface area contributed by atoms with Gasteiger partial charge in [-0.2, -0.15) is 0 Å². The quantitative estimate of drug-likeness (QED) is 0.626. The molecular formula is C12H20O4. The standard InChI is InChI=1S/C12H20O4/c1-3-5-7-9(11(13)14)10(12(15)16)8-6-4-2/h3-8H2,1-2H3,(H,13,14)(H,15,16). The first-order valence-electron chi connectivity index (χ1n) is 5.73. The first kappa shape index (κ1) is 14.7. The Hall–Kier alpha value is -1.32. The topological polar surface area (TPSA) is 74.6 Å². The fourth-order valence-electron chi connectivity index (χ4n) is 1.48. The van der Waals surface area contributed by atoms with Crippen LogP contribution in [-0.4, -0.2) is 22.2 Å². The molecule has 0 amide bonds. The van der Waals surface area contributed by atoms with Gasteiger partial charge in [0, 0.05) is 11.1 Å². The first-order chi connectivity index (χ1) is 7.54. The number of unbranched alkanes of at least 4 members (excludes halogenated alkanes) is 2. The minimum atomic E-state index is -1.10. The van der Waals surface area contributed by atoms with Gasteiger partial charge in [0.2, 0.25) is 0 Å². The van der Waals surface area contributed by atoms with Crippen molar-refractivity contribution in [3.05, 3.63) is 11.1 Å². The van der Waals surface area contributed by atoms with Crippen molar-refractivity contribution in [2.75, 3.05) is 0 Å². The molecule has 0 unspecified atom stereocenters. The van der Waals surface area contributed by atoms with Crippen LogP contribution in [0, 0.1) is 0 Å². The lowest BCUT2D eigenvalue weighted by molar-refractivity contribution is -0.136. The number of hydrogen-bond acceptors (Lipinski definition) is 2. The molecule has 0 aliphatic rings. The maximum absolute atomic E-state index is 11.0. The van der Waals surface area contributed by atoms with Crippen LogP contribution in [0.3, 0.4) is 0 Å². The van der Waals surface area contributed by atoms with E-state index in [9.17, 15) is 9.59 Å². The summed E-state index contributed by atoms with van der Waals surface area (Å²) in [5.74, 6) is -2.19. The van der Waals surface area contributed by atoms with Crippen molar-refractivity contribution in [3.63, 3.8) is 0 Å². The zero-order valence-corrected chi connectivity index (χ0v) is 9.95. The number of hydrogen-bond donors (Lipinski definition) is 2. The molecule has 4 nitrogen and oxygen atoms in total. The summed E-state index contributed by atoms with van der Waals surface area (Å²) < 4.78 is 0. The Bertz CT molecular complexity index is 251. The second kappa shape index (κ2) is 7.91. The Morgan fingerprint density at radius 3 is 1.31 bits per heavy atom. The second-order valence-electron chi connectivity index (χ2n) is 3.77. The van der Waals surface area contributed by atoms with Crippen molar-refractivity contribution in [2.45, 2.75) is 52.4 Å². The maximum Gasteiger partial charge on any atom is 0.332 e. The highest BCUT2D eigenvalue weighted by Gasteiger charge is 2.18. The van der Waals surface area contributed by atoms with Gasteiger partial charge in [-0.05, 0) is 25.7 Å². The molecule has 0 saturated heterocycles. The predicted molar refractivity (Wildman–Crippen MR) is 61.3 cm³/mol. The fraction of sp³-hybridized carbons (Fsp3) is 0.667. The predicted octanol–water partition coefficient (Wildman–Crippen LogP) is 2.83. The van der Waals surface area contributed by atoms with Crippen LogP contribution in [0.4, 0.5) is 0 Å².